The van der Waals surface area contributed by atoms with Crippen LogP contribution in [0.4, 0.5) is 0 Å². The molecule has 210 valence electrons. The lowest BCUT2D eigenvalue weighted by atomic mass is 9.54. The van der Waals surface area contributed by atoms with Gasteiger partial charge in [-0.05, 0) is 86.5 Å². The average molecular weight is 569 g/mol. The molecule has 0 saturated heterocycles. The lowest BCUT2D eigenvalue weighted by Gasteiger charge is -2.48. The second-order valence-electron chi connectivity index (χ2n) is 12.0. The third-order valence-corrected chi connectivity index (χ3v) is 9.53. The van der Waals surface area contributed by atoms with Crippen LogP contribution in [0.25, 0.3) is 21.5 Å². The summed E-state index contributed by atoms with van der Waals surface area (Å²) in [6.07, 6.45) is 0.760. The predicted molar refractivity (Wildman–Crippen MR) is 177 cm³/mol. The Kier molecular flexibility index (Phi) is 7.24. The van der Waals surface area contributed by atoms with Crippen LogP contribution in [0.1, 0.15) is 49.9 Å². The first-order valence-corrected chi connectivity index (χ1v) is 15.4. The van der Waals surface area contributed by atoms with Gasteiger partial charge in [0.15, 0.2) is 0 Å². The van der Waals surface area contributed by atoms with E-state index in [2.05, 4.69) is 118 Å². The van der Waals surface area contributed by atoms with Gasteiger partial charge in [-0.2, -0.15) is 0 Å². The monoisotopic (exact) mass is 568 g/mol. The summed E-state index contributed by atoms with van der Waals surface area (Å²) in [5, 5.41) is 26.8. The van der Waals surface area contributed by atoms with Crippen molar-refractivity contribution in [1.29, 1.82) is 0 Å². The van der Waals surface area contributed by atoms with E-state index in [0.29, 0.717) is 5.75 Å². The molecule has 0 atom stereocenters. The Morgan fingerprint density at radius 2 is 1.05 bits per heavy atom. The number of rotatable bonds is 6. The maximum Gasteiger partial charge on any atom is 0.120 e. The molecular weight excluding hydrogens is 532 g/mol. The minimum absolute atomic E-state index is 0.273. The third-order valence-electron chi connectivity index (χ3n) is 8.55. The Hall–Kier alpha value is -4.21. The van der Waals surface area contributed by atoms with Gasteiger partial charge >= 0.3 is 0 Å². The minimum Gasteiger partial charge on any atom is -0.508 e. The Bertz CT molecular complexity index is 1820. The predicted octanol–water partition coefficient (Wildman–Crippen LogP) is 10.5. The molecule has 0 bridgehead atoms. The van der Waals surface area contributed by atoms with E-state index in [-0.39, 0.29) is 11.2 Å². The van der Waals surface area contributed by atoms with E-state index in [4.69, 9.17) is 0 Å². The van der Waals surface area contributed by atoms with Gasteiger partial charge in [0.05, 0.1) is 5.41 Å². The molecule has 0 aliphatic rings. The van der Waals surface area contributed by atoms with E-state index in [9.17, 15) is 10.2 Å². The second kappa shape index (κ2) is 10.9. The number of fused-ring (bicyclic) bond motifs is 2. The lowest BCUT2D eigenvalue weighted by molar-refractivity contribution is 0.268. The van der Waals surface area contributed by atoms with Crippen LogP contribution in [-0.2, 0) is 11.8 Å². The van der Waals surface area contributed by atoms with Crippen molar-refractivity contribution in [3.63, 3.8) is 0 Å². The molecule has 2 nitrogen and oxygen atoms in total. The number of phenols is 2. The van der Waals surface area contributed by atoms with E-state index >= 15 is 0 Å². The highest BCUT2D eigenvalue weighted by Gasteiger charge is 2.49. The van der Waals surface area contributed by atoms with Crippen molar-refractivity contribution >= 4 is 33.3 Å². The molecule has 0 spiro atoms. The fraction of sp³-hybridized carbons (Fsp3) is 0.179. The summed E-state index contributed by atoms with van der Waals surface area (Å²) in [7, 11) is 0. The molecule has 0 amide bonds. The molecule has 0 fully saturated rings. The van der Waals surface area contributed by atoms with E-state index in [1.165, 1.54) is 32.7 Å². The van der Waals surface area contributed by atoms with Gasteiger partial charge in [0.1, 0.15) is 11.5 Å². The summed E-state index contributed by atoms with van der Waals surface area (Å²) < 4.78 is 0. The maximum atomic E-state index is 11.8. The molecule has 0 radical (unpaired) electrons. The Morgan fingerprint density at radius 3 is 1.60 bits per heavy atom. The van der Waals surface area contributed by atoms with Gasteiger partial charge in [0.2, 0.25) is 0 Å². The lowest BCUT2D eigenvalue weighted by Crippen LogP contribution is -2.43. The first kappa shape index (κ1) is 27.9. The van der Waals surface area contributed by atoms with Gasteiger partial charge in [-0.3, -0.25) is 0 Å². The topological polar surface area (TPSA) is 40.5 Å². The zero-order valence-corrected chi connectivity index (χ0v) is 25.4. The van der Waals surface area contributed by atoms with Crippen molar-refractivity contribution in [3.05, 3.63) is 144 Å². The Balaban J connectivity index is 1.71. The van der Waals surface area contributed by atoms with Crippen molar-refractivity contribution in [2.45, 2.75) is 49.3 Å². The van der Waals surface area contributed by atoms with Gasteiger partial charge in [-0.1, -0.05) is 124 Å². The SMILES string of the molecule is CCc1cc(Sc2ccc(O)c(C(c3cccc4ccccc34)(c3cccc4ccccc34)C(C)(C)C)c2)ccc1O. The minimum atomic E-state index is -0.709. The quantitative estimate of drug-likeness (QED) is 0.196. The number of hydrogen-bond donors (Lipinski definition) is 2. The van der Waals surface area contributed by atoms with Gasteiger partial charge in [-0.15, -0.1) is 0 Å². The van der Waals surface area contributed by atoms with Gasteiger partial charge in [0, 0.05) is 15.4 Å². The van der Waals surface area contributed by atoms with Crippen LogP contribution in [0.5, 0.6) is 11.5 Å². The van der Waals surface area contributed by atoms with Crippen molar-refractivity contribution in [3.8, 4) is 11.5 Å². The van der Waals surface area contributed by atoms with Crippen LogP contribution >= 0.6 is 11.8 Å². The highest BCUT2D eigenvalue weighted by Crippen LogP contribution is 2.57. The molecule has 42 heavy (non-hydrogen) atoms. The van der Waals surface area contributed by atoms with Crippen LogP contribution in [-0.4, -0.2) is 10.2 Å². The van der Waals surface area contributed by atoms with Crippen LogP contribution in [0.15, 0.2) is 131 Å². The van der Waals surface area contributed by atoms with Crippen molar-refractivity contribution < 1.29 is 10.2 Å². The van der Waals surface area contributed by atoms with Crippen LogP contribution in [0, 0.1) is 5.41 Å². The highest BCUT2D eigenvalue weighted by atomic mass is 32.2. The summed E-state index contributed by atoms with van der Waals surface area (Å²) in [6, 6.07) is 42.0. The smallest absolute Gasteiger partial charge is 0.120 e. The second-order valence-corrected chi connectivity index (χ2v) is 13.1. The van der Waals surface area contributed by atoms with Crippen molar-refractivity contribution in [2.24, 2.45) is 5.41 Å². The summed E-state index contributed by atoms with van der Waals surface area (Å²) in [6.45, 7) is 8.89. The van der Waals surface area contributed by atoms with Crippen molar-refractivity contribution in [1.82, 2.24) is 0 Å². The van der Waals surface area contributed by atoms with Crippen molar-refractivity contribution in [2.75, 3.05) is 0 Å². The van der Waals surface area contributed by atoms with Gasteiger partial charge < -0.3 is 10.2 Å². The number of hydrogen-bond acceptors (Lipinski definition) is 3. The molecule has 2 N–H and O–H groups in total. The standard InChI is InChI=1S/C39H36O2S/c1-5-26-24-29(20-22-36(26)40)42-30-21-23-37(41)35(25-30)39(38(2,3)4,33-18-10-14-27-12-6-8-16-31(27)33)34-19-11-15-28-13-7-9-17-32(28)34/h6-25,40-41H,5H2,1-4H3. The Labute approximate surface area is 252 Å². The normalized spacial score (nSPS) is 12.2. The first-order chi connectivity index (χ1) is 20.2. The summed E-state index contributed by atoms with van der Waals surface area (Å²) in [5.41, 5.74) is 3.07. The summed E-state index contributed by atoms with van der Waals surface area (Å²) >= 11 is 1.65. The highest BCUT2D eigenvalue weighted by molar-refractivity contribution is 7.99. The molecule has 0 heterocycles. The molecule has 6 aromatic carbocycles. The van der Waals surface area contributed by atoms with Crippen LogP contribution in [0.3, 0.4) is 0 Å². The molecule has 0 aromatic heterocycles. The van der Waals surface area contributed by atoms with E-state index in [1.807, 2.05) is 25.1 Å². The third kappa shape index (κ3) is 4.62. The largest absolute Gasteiger partial charge is 0.508 e. The molecular formula is C39H36O2S. The zero-order chi connectivity index (χ0) is 29.5. The van der Waals surface area contributed by atoms with E-state index in [1.54, 1.807) is 17.8 Å². The maximum absolute atomic E-state index is 11.8. The fourth-order valence-electron chi connectivity index (χ4n) is 6.68. The summed E-state index contributed by atoms with van der Waals surface area (Å²) in [5.74, 6) is 0.599. The van der Waals surface area contributed by atoms with Crippen LogP contribution < -0.4 is 0 Å². The summed E-state index contributed by atoms with van der Waals surface area (Å²) in [4.78, 5) is 2.09. The molecule has 0 aliphatic heterocycles. The molecule has 0 aliphatic carbocycles. The molecule has 0 unspecified atom stereocenters. The fourth-order valence-corrected chi connectivity index (χ4v) is 7.60. The Morgan fingerprint density at radius 1 is 0.548 bits per heavy atom. The zero-order valence-electron chi connectivity index (χ0n) is 24.6. The average Bonchev–Trinajstić information content (AvgIpc) is 2.99. The number of aryl methyl sites for hydroxylation is 1. The number of benzene rings is 6. The molecule has 3 heteroatoms. The van der Waals surface area contributed by atoms with Gasteiger partial charge in [0.25, 0.3) is 0 Å². The molecule has 6 aromatic rings. The number of aromatic hydroxyl groups is 2. The molecule has 6 rings (SSSR count). The van der Waals surface area contributed by atoms with E-state index in [0.717, 1.165) is 27.3 Å². The van der Waals surface area contributed by atoms with Gasteiger partial charge in [-0.25, -0.2) is 0 Å². The van der Waals surface area contributed by atoms with Crippen LogP contribution in [0.2, 0.25) is 0 Å². The first-order valence-electron chi connectivity index (χ1n) is 14.5. The number of phenolic OH excluding ortho intramolecular Hbond substituents is 2. The van der Waals surface area contributed by atoms with E-state index < -0.39 is 5.41 Å². The molecule has 0 saturated carbocycles.